The normalized spacial score (nSPS) is 10.2. The molecule has 0 atom stereocenters. The molecule has 2 aromatic heterocycles. The van der Waals surface area contributed by atoms with E-state index in [9.17, 15) is 4.79 Å². The van der Waals surface area contributed by atoms with Crippen LogP contribution in [0.25, 0.3) is 0 Å². The van der Waals surface area contributed by atoms with Gasteiger partial charge in [0.25, 0.3) is 5.91 Å². The van der Waals surface area contributed by atoms with E-state index in [1.54, 1.807) is 12.3 Å². The summed E-state index contributed by atoms with van der Waals surface area (Å²) in [5, 5.41) is 9.79. The van der Waals surface area contributed by atoms with Crippen LogP contribution >= 0.6 is 23.2 Å². The first-order valence-electron chi connectivity index (χ1n) is 4.99. The average molecular weight is 283 g/mol. The molecule has 0 fully saturated rings. The summed E-state index contributed by atoms with van der Waals surface area (Å²) >= 11 is 11.4. The number of aromatic nitrogens is 3. The van der Waals surface area contributed by atoms with Crippen molar-refractivity contribution in [1.82, 2.24) is 15.2 Å². The Kier molecular flexibility index (Phi) is 3.74. The number of hydrogen-bond donors (Lipinski definition) is 1. The van der Waals surface area contributed by atoms with E-state index in [1.165, 1.54) is 6.07 Å². The highest BCUT2D eigenvalue weighted by molar-refractivity contribution is 6.34. The van der Waals surface area contributed by atoms with Crippen molar-refractivity contribution in [3.05, 3.63) is 45.8 Å². The van der Waals surface area contributed by atoms with Crippen LogP contribution in [0.3, 0.4) is 0 Å². The number of carbonyl (C=O) groups excluding carboxylic acids is 1. The van der Waals surface area contributed by atoms with Gasteiger partial charge in [0.15, 0.2) is 10.3 Å². The zero-order valence-corrected chi connectivity index (χ0v) is 10.8. The molecule has 1 N–H and O–H groups in total. The summed E-state index contributed by atoms with van der Waals surface area (Å²) in [6.07, 6.45) is 1.60. The van der Waals surface area contributed by atoms with Crippen LogP contribution in [-0.2, 0) is 0 Å². The highest BCUT2D eigenvalue weighted by Crippen LogP contribution is 2.17. The quantitative estimate of drug-likeness (QED) is 0.920. The largest absolute Gasteiger partial charge is 0.306 e. The number of nitrogens with zero attached hydrogens (tertiary/aromatic N) is 3. The van der Waals surface area contributed by atoms with Gasteiger partial charge in [-0.1, -0.05) is 23.2 Å². The highest BCUT2D eigenvalue weighted by atomic mass is 35.5. The number of amides is 1. The first kappa shape index (κ1) is 12.7. The lowest BCUT2D eigenvalue weighted by molar-refractivity contribution is 0.102. The molecule has 5 nitrogen and oxygen atoms in total. The van der Waals surface area contributed by atoms with E-state index in [0.717, 1.165) is 5.56 Å². The molecule has 0 bridgehead atoms. The number of aryl methyl sites for hydroxylation is 1. The molecule has 1 amide bonds. The molecule has 0 saturated carbocycles. The summed E-state index contributed by atoms with van der Waals surface area (Å²) in [6.45, 7) is 1.90. The molecule has 0 aliphatic rings. The number of nitrogens with one attached hydrogen (secondary N) is 1. The summed E-state index contributed by atoms with van der Waals surface area (Å²) in [5.41, 5.74) is 1.14. The maximum Gasteiger partial charge on any atom is 0.260 e. The van der Waals surface area contributed by atoms with E-state index in [0.29, 0.717) is 5.82 Å². The molecule has 2 aromatic rings. The van der Waals surface area contributed by atoms with Crippen molar-refractivity contribution in [2.45, 2.75) is 6.92 Å². The minimum absolute atomic E-state index is 0.00967. The van der Waals surface area contributed by atoms with Crippen molar-refractivity contribution >= 4 is 34.9 Å². The fourth-order valence-electron chi connectivity index (χ4n) is 1.30. The summed E-state index contributed by atoms with van der Waals surface area (Å²) < 4.78 is 0. The fraction of sp³-hybridized carbons (Fsp3) is 0.0909. The molecule has 0 aromatic carbocycles. The Hall–Kier alpha value is -1.72. The molecule has 0 unspecified atom stereocenters. The molecule has 0 spiro atoms. The summed E-state index contributed by atoms with van der Waals surface area (Å²) in [7, 11) is 0. The third-order valence-corrected chi connectivity index (χ3v) is 2.58. The van der Waals surface area contributed by atoms with E-state index in [4.69, 9.17) is 23.2 Å². The standard InChI is InChI=1S/C11H8Cl2N4O/c1-6-2-3-14-9(4-6)15-11(18)7-5-8(12)16-17-10(7)13/h2-5H,1H3,(H,14,15,18). The van der Waals surface area contributed by atoms with Crippen molar-refractivity contribution in [2.75, 3.05) is 5.32 Å². The first-order valence-corrected chi connectivity index (χ1v) is 5.74. The zero-order chi connectivity index (χ0) is 13.1. The van der Waals surface area contributed by atoms with Crippen LogP contribution < -0.4 is 5.32 Å². The van der Waals surface area contributed by atoms with Crippen LogP contribution in [-0.4, -0.2) is 21.1 Å². The Morgan fingerprint density at radius 3 is 2.78 bits per heavy atom. The first-order chi connectivity index (χ1) is 8.56. The van der Waals surface area contributed by atoms with Gasteiger partial charge in [0.1, 0.15) is 5.82 Å². The molecule has 0 aliphatic carbocycles. The van der Waals surface area contributed by atoms with Crippen molar-refractivity contribution in [1.29, 1.82) is 0 Å². The molecular weight excluding hydrogens is 275 g/mol. The highest BCUT2D eigenvalue weighted by Gasteiger charge is 2.13. The Labute approximate surface area is 113 Å². The summed E-state index contributed by atoms with van der Waals surface area (Å²) in [4.78, 5) is 15.9. The van der Waals surface area contributed by atoms with Gasteiger partial charge in [-0.3, -0.25) is 4.79 Å². The molecule has 92 valence electrons. The van der Waals surface area contributed by atoms with E-state index >= 15 is 0 Å². The van der Waals surface area contributed by atoms with Crippen LogP contribution in [0.2, 0.25) is 10.3 Å². The lowest BCUT2D eigenvalue weighted by Gasteiger charge is -2.05. The Morgan fingerprint density at radius 2 is 2.06 bits per heavy atom. The van der Waals surface area contributed by atoms with E-state index in [2.05, 4.69) is 20.5 Å². The minimum Gasteiger partial charge on any atom is -0.306 e. The van der Waals surface area contributed by atoms with Crippen molar-refractivity contribution < 1.29 is 4.79 Å². The van der Waals surface area contributed by atoms with Crippen LogP contribution in [0, 0.1) is 6.92 Å². The topological polar surface area (TPSA) is 67.8 Å². The second kappa shape index (κ2) is 5.29. The predicted molar refractivity (Wildman–Crippen MR) is 69.0 cm³/mol. The molecule has 0 aliphatic heterocycles. The molecule has 0 saturated heterocycles. The van der Waals surface area contributed by atoms with Gasteiger partial charge in [-0.05, 0) is 30.7 Å². The Morgan fingerprint density at radius 1 is 1.28 bits per heavy atom. The molecule has 7 heteroatoms. The molecule has 18 heavy (non-hydrogen) atoms. The number of anilines is 1. The second-order valence-corrected chi connectivity index (χ2v) is 4.29. The Balaban J connectivity index is 2.24. The lowest BCUT2D eigenvalue weighted by atomic mass is 10.2. The van der Waals surface area contributed by atoms with Crippen LogP contribution in [0.4, 0.5) is 5.82 Å². The van der Waals surface area contributed by atoms with Gasteiger partial charge >= 0.3 is 0 Å². The number of rotatable bonds is 2. The number of hydrogen-bond acceptors (Lipinski definition) is 4. The van der Waals surface area contributed by atoms with Crippen molar-refractivity contribution in [3.8, 4) is 0 Å². The van der Waals surface area contributed by atoms with Gasteiger partial charge in [-0.2, -0.15) is 0 Å². The maximum atomic E-state index is 11.9. The maximum absolute atomic E-state index is 11.9. The lowest BCUT2D eigenvalue weighted by Crippen LogP contribution is -2.14. The van der Waals surface area contributed by atoms with Crippen LogP contribution in [0.15, 0.2) is 24.4 Å². The van der Waals surface area contributed by atoms with Crippen LogP contribution in [0.1, 0.15) is 15.9 Å². The molecule has 2 rings (SSSR count). The third-order valence-electron chi connectivity index (χ3n) is 2.12. The monoisotopic (exact) mass is 282 g/mol. The van der Waals surface area contributed by atoms with Gasteiger partial charge in [-0.25, -0.2) is 4.98 Å². The van der Waals surface area contributed by atoms with E-state index in [1.807, 2.05) is 13.0 Å². The van der Waals surface area contributed by atoms with Crippen LogP contribution in [0.5, 0.6) is 0 Å². The average Bonchev–Trinajstić information content (AvgIpc) is 2.32. The van der Waals surface area contributed by atoms with Gasteiger partial charge in [-0.15, -0.1) is 10.2 Å². The van der Waals surface area contributed by atoms with Gasteiger partial charge in [0.2, 0.25) is 0 Å². The molecular formula is C11H8Cl2N4O. The number of carbonyl (C=O) groups is 1. The van der Waals surface area contributed by atoms with Crippen molar-refractivity contribution in [3.63, 3.8) is 0 Å². The van der Waals surface area contributed by atoms with E-state index < -0.39 is 5.91 Å². The second-order valence-electron chi connectivity index (χ2n) is 3.54. The summed E-state index contributed by atoms with van der Waals surface area (Å²) in [6, 6.07) is 4.91. The zero-order valence-electron chi connectivity index (χ0n) is 9.32. The SMILES string of the molecule is Cc1ccnc(NC(=O)c2cc(Cl)nnc2Cl)c1. The predicted octanol–water partition coefficient (Wildman–Crippen LogP) is 2.74. The Bertz CT molecular complexity index is 603. The van der Waals surface area contributed by atoms with Gasteiger partial charge in [0, 0.05) is 6.20 Å². The minimum atomic E-state index is -0.435. The van der Waals surface area contributed by atoms with Gasteiger partial charge < -0.3 is 5.32 Å². The van der Waals surface area contributed by atoms with E-state index in [-0.39, 0.29) is 15.9 Å². The third kappa shape index (κ3) is 2.94. The molecule has 2 heterocycles. The smallest absolute Gasteiger partial charge is 0.260 e. The number of halogens is 2. The molecule has 0 radical (unpaired) electrons. The van der Waals surface area contributed by atoms with Crippen molar-refractivity contribution in [2.24, 2.45) is 0 Å². The van der Waals surface area contributed by atoms with Gasteiger partial charge in [0.05, 0.1) is 5.56 Å². The number of pyridine rings is 1. The fourth-order valence-corrected chi connectivity index (χ4v) is 1.63. The summed E-state index contributed by atoms with van der Waals surface area (Å²) in [5.74, 6) is -0.00102.